The van der Waals surface area contributed by atoms with Gasteiger partial charge in [0.1, 0.15) is 0 Å². The first-order valence-corrected chi connectivity index (χ1v) is 18.6. The second-order valence-corrected chi connectivity index (χ2v) is 16.2. The lowest BCUT2D eigenvalue weighted by atomic mass is 9.59. The SMILES string of the molecule is CC1(C)c2cccc(-n3c4ccccc4c4ccc5c6ccccc6n(-c6nc(-c7ccccc7)nc(-c7ccccc7)n6)c5c43)c2C(C)(C)C1(C)C. The topological polar surface area (TPSA) is 48.5 Å². The molecule has 1 aliphatic carbocycles. The second-order valence-electron chi connectivity index (χ2n) is 16.2. The maximum atomic E-state index is 5.29. The fraction of sp³-hybridized carbons (Fsp3) is 0.188. The number of benzene rings is 6. The van der Waals surface area contributed by atoms with E-state index >= 15 is 0 Å². The lowest BCUT2D eigenvalue weighted by Gasteiger charge is -2.44. The zero-order chi connectivity index (χ0) is 36.3. The monoisotopic (exact) mass is 687 g/mol. The van der Waals surface area contributed by atoms with Crippen LogP contribution >= 0.6 is 0 Å². The van der Waals surface area contributed by atoms with Crippen LogP contribution in [0.5, 0.6) is 0 Å². The van der Waals surface area contributed by atoms with Gasteiger partial charge in [-0.1, -0.05) is 163 Å². The molecule has 0 saturated heterocycles. The van der Waals surface area contributed by atoms with E-state index in [0.29, 0.717) is 17.6 Å². The molecule has 258 valence electrons. The summed E-state index contributed by atoms with van der Waals surface area (Å²) in [6.45, 7) is 14.6. The molecule has 0 bridgehead atoms. The molecule has 0 spiro atoms. The van der Waals surface area contributed by atoms with Gasteiger partial charge in [0.15, 0.2) is 11.6 Å². The van der Waals surface area contributed by atoms with Crippen molar-refractivity contribution in [3.05, 3.63) is 151 Å². The Morgan fingerprint density at radius 3 is 1.47 bits per heavy atom. The van der Waals surface area contributed by atoms with Crippen LogP contribution in [0.1, 0.15) is 52.7 Å². The van der Waals surface area contributed by atoms with Gasteiger partial charge in [0.25, 0.3) is 0 Å². The van der Waals surface area contributed by atoms with Crippen LogP contribution in [-0.4, -0.2) is 24.1 Å². The Balaban J connectivity index is 1.40. The fourth-order valence-corrected chi connectivity index (χ4v) is 9.19. The third-order valence-corrected chi connectivity index (χ3v) is 13.1. The quantitative estimate of drug-likeness (QED) is 0.185. The van der Waals surface area contributed by atoms with Crippen molar-refractivity contribution in [1.29, 1.82) is 0 Å². The van der Waals surface area contributed by atoms with Crippen LogP contribution in [0, 0.1) is 5.41 Å². The molecule has 0 atom stereocenters. The second kappa shape index (κ2) is 11.0. The highest BCUT2D eigenvalue weighted by Crippen LogP contribution is 2.63. The maximum Gasteiger partial charge on any atom is 0.238 e. The average molecular weight is 688 g/mol. The summed E-state index contributed by atoms with van der Waals surface area (Å²) in [7, 11) is 0. The van der Waals surface area contributed by atoms with Crippen LogP contribution in [0.3, 0.4) is 0 Å². The van der Waals surface area contributed by atoms with Crippen molar-refractivity contribution in [1.82, 2.24) is 24.1 Å². The van der Waals surface area contributed by atoms with E-state index < -0.39 is 0 Å². The molecule has 10 rings (SSSR count). The summed E-state index contributed by atoms with van der Waals surface area (Å²) in [5.74, 6) is 1.87. The van der Waals surface area contributed by atoms with E-state index in [-0.39, 0.29) is 16.2 Å². The van der Waals surface area contributed by atoms with E-state index in [9.17, 15) is 0 Å². The van der Waals surface area contributed by atoms with Crippen LogP contribution in [0.25, 0.3) is 78.0 Å². The first-order valence-electron chi connectivity index (χ1n) is 18.6. The summed E-state index contributed by atoms with van der Waals surface area (Å²) in [5.41, 5.74) is 10.3. The summed E-state index contributed by atoms with van der Waals surface area (Å²) in [5, 5.41) is 4.74. The lowest BCUT2D eigenvalue weighted by Crippen LogP contribution is -2.42. The molecule has 0 aliphatic heterocycles. The minimum absolute atomic E-state index is 0.00791. The van der Waals surface area contributed by atoms with Crippen molar-refractivity contribution in [3.8, 4) is 34.4 Å². The van der Waals surface area contributed by atoms with Crippen LogP contribution < -0.4 is 0 Å². The molecule has 5 heteroatoms. The molecule has 5 nitrogen and oxygen atoms in total. The van der Waals surface area contributed by atoms with E-state index in [2.05, 4.69) is 154 Å². The van der Waals surface area contributed by atoms with Gasteiger partial charge in [-0.3, -0.25) is 4.57 Å². The number of para-hydroxylation sites is 2. The Labute approximate surface area is 309 Å². The summed E-state index contributed by atoms with van der Waals surface area (Å²) in [4.78, 5) is 15.6. The molecule has 53 heavy (non-hydrogen) atoms. The van der Waals surface area contributed by atoms with E-state index in [1.165, 1.54) is 33.1 Å². The molecule has 0 radical (unpaired) electrons. The smallest absolute Gasteiger partial charge is 0.238 e. The standard InChI is InChI=1S/C48H41N5/c1-46(2)36-24-17-27-39(40(36)47(3,4)48(46,5)6)52-37-25-15-13-22-32(37)34-28-29-35-33-23-14-16-26-38(33)53(42(35)41(34)52)45-50-43(30-18-9-7-10-19-30)49-44(51-45)31-20-11-8-12-21-31/h7-29H,1-6H3. The highest BCUT2D eigenvalue weighted by Gasteiger charge is 2.57. The van der Waals surface area contributed by atoms with Crippen LogP contribution in [0.2, 0.25) is 0 Å². The molecule has 0 N–H and O–H groups in total. The van der Waals surface area contributed by atoms with Crippen LogP contribution in [-0.2, 0) is 10.8 Å². The number of rotatable bonds is 4. The van der Waals surface area contributed by atoms with E-state index in [1.807, 2.05) is 36.4 Å². The number of nitrogens with zero attached hydrogens (tertiary/aromatic N) is 5. The van der Waals surface area contributed by atoms with Gasteiger partial charge < -0.3 is 4.57 Å². The summed E-state index contributed by atoms with van der Waals surface area (Å²) < 4.78 is 4.82. The molecule has 1 aliphatic rings. The minimum atomic E-state index is -0.107. The zero-order valence-corrected chi connectivity index (χ0v) is 31.0. The lowest BCUT2D eigenvalue weighted by molar-refractivity contribution is 0.125. The third kappa shape index (κ3) is 4.22. The largest absolute Gasteiger partial charge is 0.307 e. The number of fused-ring (bicyclic) bond motifs is 8. The molecule has 0 amide bonds. The number of aromatic nitrogens is 5. The maximum absolute atomic E-state index is 5.29. The molecule has 0 saturated carbocycles. The van der Waals surface area contributed by atoms with Crippen molar-refractivity contribution in [2.45, 2.75) is 52.4 Å². The van der Waals surface area contributed by atoms with Crippen molar-refractivity contribution >= 4 is 43.6 Å². The van der Waals surface area contributed by atoms with Gasteiger partial charge in [-0.25, -0.2) is 4.98 Å². The average Bonchev–Trinajstić information content (AvgIpc) is 3.74. The number of hydrogen-bond acceptors (Lipinski definition) is 3. The Kier molecular flexibility index (Phi) is 6.55. The molecule has 3 aromatic heterocycles. The van der Waals surface area contributed by atoms with Crippen LogP contribution in [0.15, 0.2) is 140 Å². The van der Waals surface area contributed by atoms with Crippen molar-refractivity contribution in [2.75, 3.05) is 0 Å². The molecule has 3 heterocycles. The summed E-state index contributed by atoms with van der Waals surface area (Å²) >= 11 is 0. The van der Waals surface area contributed by atoms with E-state index in [1.54, 1.807) is 0 Å². The molecular weight excluding hydrogens is 647 g/mol. The molecule has 0 unspecified atom stereocenters. The van der Waals surface area contributed by atoms with Gasteiger partial charge in [0, 0.05) is 32.7 Å². The van der Waals surface area contributed by atoms with Gasteiger partial charge in [-0.2, -0.15) is 9.97 Å². The Bertz CT molecular complexity index is 2850. The van der Waals surface area contributed by atoms with Gasteiger partial charge >= 0.3 is 0 Å². The highest BCUT2D eigenvalue weighted by molar-refractivity contribution is 6.23. The minimum Gasteiger partial charge on any atom is -0.307 e. The molecular formula is C48H41N5. The fourth-order valence-electron chi connectivity index (χ4n) is 9.19. The highest BCUT2D eigenvalue weighted by atomic mass is 15.2. The van der Waals surface area contributed by atoms with Gasteiger partial charge in [0.05, 0.1) is 27.8 Å². The van der Waals surface area contributed by atoms with E-state index in [4.69, 9.17) is 15.0 Å². The van der Waals surface area contributed by atoms with Gasteiger partial charge in [0.2, 0.25) is 5.95 Å². The Hall–Kier alpha value is -6.07. The summed E-state index contributed by atoms with van der Waals surface area (Å²) in [6.07, 6.45) is 0. The van der Waals surface area contributed by atoms with Crippen molar-refractivity contribution in [2.24, 2.45) is 5.41 Å². The van der Waals surface area contributed by atoms with Gasteiger partial charge in [-0.05, 0) is 45.6 Å². The summed E-state index contributed by atoms with van der Waals surface area (Å²) in [6, 6.07) is 49.5. The van der Waals surface area contributed by atoms with Crippen molar-refractivity contribution < 1.29 is 0 Å². The Morgan fingerprint density at radius 1 is 0.415 bits per heavy atom. The first kappa shape index (κ1) is 31.6. The van der Waals surface area contributed by atoms with Crippen molar-refractivity contribution in [3.63, 3.8) is 0 Å². The molecule has 9 aromatic rings. The van der Waals surface area contributed by atoms with E-state index in [0.717, 1.165) is 38.4 Å². The zero-order valence-electron chi connectivity index (χ0n) is 31.0. The normalized spacial score (nSPS) is 15.8. The third-order valence-electron chi connectivity index (χ3n) is 13.1. The Morgan fingerprint density at radius 2 is 0.906 bits per heavy atom. The first-order chi connectivity index (χ1) is 25.6. The van der Waals surface area contributed by atoms with Gasteiger partial charge in [-0.15, -0.1) is 0 Å². The van der Waals surface area contributed by atoms with Crippen LogP contribution in [0.4, 0.5) is 0 Å². The molecule has 6 aromatic carbocycles. The number of hydrogen-bond donors (Lipinski definition) is 0. The predicted molar refractivity (Wildman–Crippen MR) is 219 cm³/mol. The predicted octanol–water partition coefficient (Wildman–Crippen LogP) is 12.0. The molecule has 0 fully saturated rings.